The number of nitrogens with one attached hydrogen (secondary N) is 3. The lowest BCUT2D eigenvalue weighted by Crippen LogP contribution is -2.32. The molecule has 0 fully saturated rings. The van der Waals surface area contributed by atoms with Gasteiger partial charge in [0, 0.05) is 6.54 Å². The molecule has 110 valence electrons. The van der Waals surface area contributed by atoms with Crippen molar-refractivity contribution in [2.45, 2.75) is 13.8 Å². The number of rotatable bonds is 7. The van der Waals surface area contributed by atoms with Gasteiger partial charge < -0.3 is 10.6 Å². The van der Waals surface area contributed by atoms with E-state index in [0.717, 1.165) is 6.20 Å². The predicted octanol–water partition coefficient (Wildman–Crippen LogP) is -0.145. The highest BCUT2D eigenvalue weighted by Gasteiger charge is 2.17. The zero-order chi connectivity index (χ0) is 15.1. The van der Waals surface area contributed by atoms with Crippen molar-refractivity contribution in [3.05, 3.63) is 16.3 Å². The molecule has 1 aromatic heterocycles. The van der Waals surface area contributed by atoms with Crippen LogP contribution in [-0.4, -0.2) is 33.9 Å². The molecule has 0 aliphatic rings. The minimum atomic E-state index is -0.644. The van der Waals surface area contributed by atoms with Crippen LogP contribution in [0.2, 0.25) is 0 Å². The van der Waals surface area contributed by atoms with Crippen LogP contribution in [0.15, 0.2) is 6.20 Å². The van der Waals surface area contributed by atoms with Crippen LogP contribution >= 0.6 is 0 Å². The molecule has 0 saturated carbocycles. The van der Waals surface area contributed by atoms with Gasteiger partial charge in [-0.1, -0.05) is 13.8 Å². The summed E-state index contributed by atoms with van der Waals surface area (Å²) < 4.78 is 0. The monoisotopic (exact) mass is 283 g/mol. The van der Waals surface area contributed by atoms with E-state index in [9.17, 15) is 14.9 Å². The van der Waals surface area contributed by atoms with E-state index in [1.807, 2.05) is 13.8 Å². The molecule has 0 unspecified atom stereocenters. The first-order valence-corrected chi connectivity index (χ1v) is 5.92. The van der Waals surface area contributed by atoms with Crippen LogP contribution in [0.25, 0.3) is 0 Å². The van der Waals surface area contributed by atoms with Crippen LogP contribution in [0.5, 0.6) is 0 Å². The molecule has 0 spiro atoms. The molecule has 20 heavy (non-hydrogen) atoms. The molecular formula is C10H17N7O3. The minimum Gasteiger partial charge on any atom is -0.355 e. The van der Waals surface area contributed by atoms with E-state index in [1.165, 1.54) is 0 Å². The molecule has 0 aliphatic carbocycles. The number of anilines is 2. The average Bonchev–Trinajstić information content (AvgIpc) is 2.42. The van der Waals surface area contributed by atoms with Gasteiger partial charge in [0.15, 0.2) is 0 Å². The van der Waals surface area contributed by atoms with Gasteiger partial charge in [-0.15, -0.1) is 0 Å². The van der Waals surface area contributed by atoms with Gasteiger partial charge in [-0.05, 0) is 5.92 Å². The number of nitrogen functional groups attached to an aromatic ring is 1. The third-order valence-electron chi connectivity index (χ3n) is 2.22. The van der Waals surface area contributed by atoms with Gasteiger partial charge in [0.25, 0.3) is 0 Å². The van der Waals surface area contributed by atoms with Gasteiger partial charge in [0.1, 0.15) is 6.20 Å². The summed E-state index contributed by atoms with van der Waals surface area (Å²) in [7, 11) is 0. The van der Waals surface area contributed by atoms with E-state index >= 15 is 0 Å². The maximum atomic E-state index is 11.5. The molecule has 10 heteroatoms. The van der Waals surface area contributed by atoms with Crippen LogP contribution in [0.3, 0.4) is 0 Å². The first kappa shape index (κ1) is 15.6. The summed E-state index contributed by atoms with van der Waals surface area (Å²) in [6, 6.07) is 0. The second-order valence-electron chi connectivity index (χ2n) is 4.38. The van der Waals surface area contributed by atoms with Crippen molar-refractivity contribution in [1.82, 2.24) is 15.3 Å². The molecule has 1 aromatic rings. The topological polar surface area (TPSA) is 148 Å². The first-order chi connectivity index (χ1) is 9.43. The zero-order valence-electron chi connectivity index (χ0n) is 11.2. The van der Waals surface area contributed by atoms with Gasteiger partial charge in [0.05, 0.1) is 11.5 Å². The van der Waals surface area contributed by atoms with Crippen molar-refractivity contribution in [2.75, 3.05) is 23.8 Å². The molecule has 0 aliphatic heterocycles. The zero-order valence-corrected chi connectivity index (χ0v) is 11.2. The van der Waals surface area contributed by atoms with Crippen LogP contribution in [0.1, 0.15) is 13.8 Å². The van der Waals surface area contributed by atoms with E-state index in [-0.39, 0.29) is 29.9 Å². The number of nitro groups is 1. The van der Waals surface area contributed by atoms with Crippen LogP contribution in [0, 0.1) is 16.0 Å². The number of amides is 1. The third-order valence-corrected chi connectivity index (χ3v) is 2.22. The summed E-state index contributed by atoms with van der Waals surface area (Å²) in [5, 5.41) is 16.1. The maximum absolute atomic E-state index is 11.5. The molecule has 0 aromatic carbocycles. The van der Waals surface area contributed by atoms with E-state index in [2.05, 4.69) is 26.0 Å². The lowest BCUT2D eigenvalue weighted by atomic mass is 10.2. The van der Waals surface area contributed by atoms with Crippen molar-refractivity contribution < 1.29 is 9.72 Å². The molecule has 5 N–H and O–H groups in total. The number of carbonyl (C=O) groups excluding carboxylic acids is 1. The summed E-state index contributed by atoms with van der Waals surface area (Å²) in [4.78, 5) is 29.1. The number of hydrazine groups is 1. The number of nitrogens with zero attached hydrogens (tertiary/aromatic N) is 3. The van der Waals surface area contributed by atoms with Gasteiger partial charge in [-0.3, -0.25) is 20.3 Å². The Hall–Kier alpha value is -2.49. The minimum absolute atomic E-state index is 0.0145. The normalized spacial score (nSPS) is 10.2. The van der Waals surface area contributed by atoms with E-state index in [0.29, 0.717) is 12.5 Å². The predicted molar refractivity (Wildman–Crippen MR) is 72.8 cm³/mol. The molecular weight excluding hydrogens is 266 g/mol. The number of hydrogen-bond acceptors (Lipinski definition) is 8. The molecule has 0 radical (unpaired) electrons. The van der Waals surface area contributed by atoms with Crippen molar-refractivity contribution in [1.29, 1.82) is 0 Å². The summed E-state index contributed by atoms with van der Waals surface area (Å²) in [5.74, 6) is 5.11. The molecule has 1 amide bonds. The second kappa shape index (κ2) is 7.19. The maximum Gasteiger partial charge on any atom is 0.329 e. The fourth-order valence-corrected chi connectivity index (χ4v) is 1.25. The first-order valence-electron chi connectivity index (χ1n) is 5.92. The Kier molecular flexibility index (Phi) is 5.59. The summed E-state index contributed by atoms with van der Waals surface area (Å²) in [6.45, 7) is 4.32. The molecule has 0 saturated heterocycles. The lowest BCUT2D eigenvalue weighted by molar-refractivity contribution is -0.384. The Bertz CT molecular complexity index is 492. The molecule has 0 bridgehead atoms. The van der Waals surface area contributed by atoms with Crippen molar-refractivity contribution in [2.24, 2.45) is 11.8 Å². The second-order valence-corrected chi connectivity index (χ2v) is 4.38. The fourth-order valence-electron chi connectivity index (χ4n) is 1.25. The smallest absolute Gasteiger partial charge is 0.329 e. The molecule has 0 atom stereocenters. The van der Waals surface area contributed by atoms with Gasteiger partial charge in [0.2, 0.25) is 17.7 Å². The number of hydrogen-bond donors (Lipinski definition) is 4. The largest absolute Gasteiger partial charge is 0.355 e. The van der Waals surface area contributed by atoms with E-state index < -0.39 is 4.92 Å². The summed E-state index contributed by atoms with van der Waals surface area (Å²) in [5.41, 5.74) is 1.84. The summed E-state index contributed by atoms with van der Waals surface area (Å²) in [6.07, 6.45) is 1.01. The Balaban J connectivity index is 2.70. The number of aromatic nitrogens is 2. The average molecular weight is 283 g/mol. The molecule has 1 rings (SSSR count). The van der Waals surface area contributed by atoms with Gasteiger partial charge >= 0.3 is 5.69 Å². The number of carbonyl (C=O) groups is 1. The Labute approximate surface area is 115 Å². The summed E-state index contributed by atoms with van der Waals surface area (Å²) >= 11 is 0. The number of nitrogens with two attached hydrogens (primary N) is 1. The highest BCUT2D eigenvalue weighted by molar-refractivity contribution is 5.81. The van der Waals surface area contributed by atoms with Crippen LogP contribution in [0.4, 0.5) is 17.5 Å². The molecule has 10 nitrogen and oxygen atoms in total. The Morgan fingerprint density at radius 2 is 2.25 bits per heavy atom. The van der Waals surface area contributed by atoms with E-state index in [1.54, 1.807) is 0 Å². The quantitative estimate of drug-likeness (QED) is 0.307. The third kappa shape index (κ3) is 4.65. The lowest BCUT2D eigenvalue weighted by Gasteiger charge is -2.09. The molecule has 1 heterocycles. The van der Waals surface area contributed by atoms with Gasteiger partial charge in [-0.25, -0.2) is 10.8 Å². The van der Waals surface area contributed by atoms with Gasteiger partial charge in [-0.2, -0.15) is 4.98 Å². The van der Waals surface area contributed by atoms with Crippen LogP contribution in [-0.2, 0) is 4.79 Å². The standard InChI is InChI=1S/C10H17N7O3/c1-6(2)3-12-8(18)5-13-9-7(17(19)20)4-14-10(15-9)16-11/h4,6H,3,5,11H2,1-2H3,(H,12,18)(H2,13,14,15,16). The van der Waals surface area contributed by atoms with Crippen molar-refractivity contribution in [3.63, 3.8) is 0 Å². The highest BCUT2D eigenvalue weighted by atomic mass is 16.6. The fraction of sp³-hybridized carbons (Fsp3) is 0.500. The van der Waals surface area contributed by atoms with Crippen LogP contribution < -0.4 is 21.9 Å². The van der Waals surface area contributed by atoms with Crippen molar-refractivity contribution in [3.8, 4) is 0 Å². The Morgan fingerprint density at radius 3 is 2.80 bits per heavy atom. The Morgan fingerprint density at radius 1 is 1.55 bits per heavy atom. The SMILES string of the molecule is CC(C)CNC(=O)CNc1nc(NN)ncc1[N+](=O)[O-]. The van der Waals surface area contributed by atoms with Crippen molar-refractivity contribution >= 4 is 23.4 Å². The van der Waals surface area contributed by atoms with E-state index in [4.69, 9.17) is 5.84 Å². The highest BCUT2D eigenvalue weighted by Crippen LogP contribution is 2.21.